The maximum Gasteiger partial charge on any atom is -0.0579 e. The molecule has 136 valence electrons. The Balaban J connectivity index is 0.000000146. The Bertz CT molecular complexity index is 857. The van der Waals surface area contributed by atoms with E-state index in [-0.39, 0.29) is 5.43 Å². The Morgan fingerprint density at radius 3 is 1.46 bits per heavy atom. The molecular formula is C22H24BrClSiZr-2. The van der Waals surface area contributed by atoms with Crippen molar-refractivity contribution in [2.45, 2.75) is 26.9 Å². The van der Waals surface area contributed by atoms with E-state index in [0.717, 1.165) is 0 Å². The minimum absolute atomic E-state index is 0.0729. The third-order valence-corrected chi connectivity index (χ3v) is 31.0. The van der Waals surface area contributed by atoms with Crippen molar-refractivity contribution in [3.8, 4) is 0 Å². The van der Waals surface area contributed by atoms with Crippen LogP contribution in [-0.2, 0) is 16.8 Å². The van der Waals surface area contributed by atoms with Gasteiger partial charge in [0.05, 0.1) is 0 Å². The Hall–Kier alpha value is -0.470. The van der Waals surface area contributed by atoms with E-state index in [2.05, 4.69) is 112 Å². The zero-order valence-corrected chi connectivity index (χ0v) is 21.5. The largest absolute Gasteiger partial charge is 0.165 e. The van der Waals surface area contributed by atoms with Crippen LogP contribution in [0.3, 0.4) is 0 Å². The monoisotopic (exact) mass is 520 g/mol. The molecule has 0 radical (unpaired) electrons. The second-order valence-corrected chi connectivity index (χ2v) is 36.0. The van der Waals surface area contributed by atoms with Gasteiger partial charge in [0.15, 0.2) is 0 Å². The minimum Gasteiger partial charge on any atom is -0.165 e. The first-order valence-electron chi connectivity index (χ1n) is 8.59. The zero-order valence-electron chi connectivity index (χ0n) is 15.7. The quantitative estimate of drug-likeness (QED) is 0.162. The second kappa shape index (κ2) is 10.8. The fourth-order valence-corrected chi connectivity index (χ4v) is 2.61. The maximum atomic E-state index is 5.77. The predicted octanol–water partition coefficient (Wildman–Crippen LogP) is 8.05. The van der Waals surface area contributed by atoms with Gasteiger partial charge in [0.25, 0.3) is 0 Å². The molecule has 0 unspecified atom stereocenters. The van der Waals surface area contributed by atoms with Gasteiger partial charge in [-0.3, -0.25) is 0 Å². The standard InChI is InChI=1S/2C10H9.C2H6Si.BrH.ClH.Zr/c2*1-8-6-9-4-2-3-5-10(9)7-8;1-3-2;;;/h2*2-7H,1H3;1-2H3;2*1H;/q2*-1;;;;+2/p-2. The number of fused-ring (bicyclic) bond motifs is 2. The Morgan fingerprint density at radius 2 is 1.15 bits per heavy atom. The molecule has 0 aromatic heterocycles. The Morgan fingerprint density at radius 1 is 0.808 bits per heavy atom. The third-order valence-electron chi connectivity index (χ3n) is 3.90. The maximum absolute atomic E-state index is 5.77. The van der Waals surface area contributed by atoms with E-state index < -0.39 is 16.8 Å². The normalized spacial score (nSPS) is 9.92. The van der Waals surface area contributed by atoms with Crippen LogP contribution in [0.25, 0.3) is 21.5 Å². The molecule has 0 aliphatic heterocycles. The number of hydrogen-bond donors (Lipinski definition) is 0. The Labute approximate surface area is 174 Å². The van der Waals surface area contributed by atoms with E-state index in [1.54, 1.807) is 0 Å². The summed E-state index contributed by atoms with van der Waals surface area (Å²) in [6, 6.07) is 25.7. The van der Waals surface area contributed by atoms with Gasteiger partial charge in [0.2, 0.25) is 0 Å². The average molecular weight is 523 g/mol. The molecular weight excluding hydrogens is 499 g/mol. The van der Waals surface area contributed by atoms with Crippen molar-refractivity contribution < 1.29 is 16.8 Å². The van der Waals surface area contributed by atoms with Crippen LogP contribution in [-0.4, -0.2) is 5.43 Å². The van der Waals surface area contributed by atoms with Crippen LogP contribution in [0.2, 0.25) is 13.1 Å². The molecule has 4 aromatic rings. The molecule has 4 aromatic carbocycles. The van der Waals surface area contributed by atoms with Crippen LogP contribution in [0.1, 0.15) is 11.1 Å². The summed E-state index contributed by atoms with van der Waals surface area (Å²) in [6.45, 7) is 8.75. The third kappa shape index (κ3) is 6.93. The van der Waals surface area contributed by atoms with Gasteiger partial charge in [-0.15, -0.1) is 81.2 Å². The SMILES string of the molecule is C[Si](C)=[Zr]([Cl])[Br].Cc1cc2ccccc2[cH-]1.Cc1cc2ccccc2[cH-]1. The van der Waals surface area contributed by atoms with Crippen molar-refractivity contribution >= 4 is 47.7 Å². The van der Waals surface area contributed by atoms with Crippen LogP contribution in [0.4, 0.5) is 0 Å². The van der Waals surface area contributed by atoms with E-state index in [0.29, 0.717) is 0 Å². The summed E-state index contributed by atoms with van der Waals surface area (Å²) in [4.78, 5) is 0. The molecule has 0 N–H and O–H groups in total. The van der Waals surface area contributed by atoms with Crippen molar-refractivity contribution in [2.24, 2.45) is 0 Å². The molecule has 0 saturated carbocycles. The van der Waals surface area contributed by atoms with Crippen LogP contribution >= 0.6 is 20.7 Å². The molecule has 0 spiro atoms. The van der Waals surface area contributed by atoms with E-state index >= 15 is 0 Å². The van der Waals surface area contributed by atoms with E-state index in [1.165, 1.54) is 32.7 Å². The number of halogens is 2. The van der Waals surface area contributed by atoms with Gasteiger partial charge in [-0.1, -0.05) is 26.0 Å². The summed E-state index contributed by atoms with van der Waals surface area (Å²) in [5, 5.41) is 5.39. The molecule has 0 bridgehead atoms. The van der Waals surface area contributed by atoms with E-state index in [1.807, 2.05) is 0 Å². The van der Waals surface area contributed by atoms with Gasteiger partial charge in [-0.25, -0.2) is 0 Å². The summed E-state index contributed by atoms with van der Waals surface area (Å²) in [5.74, 6) is 0. The zero-order chi connectivity index (χ0) is 19.1. The van der Waals surface area contributed by atoms with Crippen molar-refractivity contribution in [2.75, 3.05) is 0 Å². The van der Waals surface area contributed by atoms with Crippen LogP contribution in [0, 0.1) is 13.8 Å². The van der Waals surface area contributed by atoms with Gasteiger partial charge in [-0.05, 0) is 0 Å². The summed E-state index contributed by atoms with van der Waals surface area (Å²) in [5.41, 5.74) is 2.62. The van der Waals surface area contributed by atoms with Gasteiger partial charge in [0, 0.05) is 0 Å². The molecule has 0 amide bonds. The number of rotatable bonds is 0. The van der Waals surface area contributed by atoms with Crippen LogP contribution in [0.5, 0.6) is 0 Å². The van der Waals surface area contributed by atoms with Gasteiger partial charge < -0.3 is 0 Å². The van der Waals surface area contributed by atoms with Crippen LogP contribution in [0.15, 0.2) is 72.8 Å². The summed E-state index contributed by atoms with van der Waals surface area (Å²) in [7, 11) is 5.77. The van der Waals surface area contributed by atoms with Gasteiger partial charge in [0.1, 0.15) is 0 Å². The fraction of sp³-hybridized carbons (Fsp3) is 0.182. The average Bonchev–Trinajstić information content (AvgIpc) is 3.16. The smallest absolute Gasteiger partial charge is 0.0579 e. The van der Waals surface area contributed by atoms with Crippen LogP contribution < -0.4 is 0 Å². The molecule has 26 heavy (non-hydrogen) atoms. The molecule has 0 fully saturated rings. The molecule has 0 nitrogen and oxygen atoms in total. The van der Waals surface area contributed by atoms with Gasteiger partial charge >= 0.3 is 56.1 Å². The topological polar surface area (TPSA) is 0 Å². The first-order chi connectivity index (χ1) is 12.4. The molecule has 0 atom stereocenters. The minimum atomic E-state index is -1.31. The molecule has 4 rings (SSSR count). The van der Waals surface area contributed by atoms with E-state index in [9.17, 15) is 0 Å². The molecule has 4 heteroatoms. The van der Waals surface area contributed by atoms with E-state index in [4.69, 9.17) is 8.51 Å². The number of aryl methyl sites for hydroxylation is 2. The number of benzene rings is 2. The first kappa shape index (κ1) is 21.8. The summed E-state index contributed by atoms with van der Waals surface area (Å²) >= 11 is 2.13. The summed E-state index contributed by atoms with van der Waals surface area (Å²) in [6.07, 6.45) is 0. The number of hydrogen-bond acceptors (Lipinski definition) is 0. The molecule has 0 heterocycles. The molecule has 0 saturated heterocycles. The van der Waals surface area contributed by atoms with Crippen molar-refractivity contribution in [3.05, 3.63) is 83.9 Å². The molecule has 0 aliphatic carbocycles. The van der Waals surface area contributed by atoms with Crippen molar-refractivity contribution in [1.29, 1.82) is 0 Å². The first-order valence-corrected chi connectivity index (χ1v) is 23.6. The Kier molecular flexibility index (Phi) is 9.03. The molecule has 0 aliphatic rings. The van der Waals surface area contributed by atoms with Crippen molar-refractivity contribution in [1.82, 2.24) is 0 Å². The predicted molar refractivity (Wildman–Crippen MR) is 121 cm³/mol. The summed E-state index contributed by atoms with van der Waals surface area (Å²) < 4.78 is 0. The van der Waals surface area contributed by atoms with Gasteiger partial charge in [-0.2, -0.15) is 12.1 Å². The van der Waals surface area contributed by atoms with Crippen molar-refractivity contribution in [3.63, 3.8) is 0 Å². The second-order valence-electron chi connectivity index (χ2n) is 6.58. The fourth-order valence-electron chi connectivity index (χ4n) is 2.61.